The Kier molecular flexibility index (Phi) is 5.33. The van der Waals surface area contributed by atoms with Crippen LogP contribution in [0.4, 0.5) is 0 Å². The van der Waals surface area contributed by atoms with Crippen molar-refractivity contribution in [2.24, 2.45) is 5.73 Å². The third-order valence-corrected chi connectivity index (χ3v) is 4.86. The Labute approximate surface area is 146 Å². The molecule has 0 aliphatic heterocycles. The first-order valence-corrected chi connectivity index (χ1v) is 8.92. The van der Waals surface area contributed by atoms with Gasteiger partial charge in [0.25, 0.3) is 5.22 Å². The van der Waals surface area contributed by atoms with Crippen LogP contribution in [-0.2, 0) is 12.2 Å². The van der Waals surface area contributed by atoms with Gasteiger partial charge >= 0.3 is 0 Å². The van der Waals surface area contributed by atoms with Gasteiger partial charge in [-0.05, 0) is 42.5 Å². The lowest BCUT2D eigenvalue weighted by atomic mass is 10.1. The number of hydrogen-bond donors (Lipinski definition) is 1. The Morgan fingerprint density at radius 1 is 1.00 bits per heavy atom. The molecule has 2 aromatic carbocycles. The monoisotopic (exact) mass is 339 g/mol. The molecule has 1 heterocycles. The van der Waals surface area contributed by atoms with E-state index in [0.29, 0.717) is 17.5 Å². The second-order valence-electron chi connectivity index (χ2n) is 5.91. The molecule has 4 nitrogen and oxygen atoms in total. The van der Waals surface area contributed by atoms with E-state index in [-0.39, 0.29) is 6.04 Å². The lowest BCUT2D eigenvalue weighted by Gasteiger charge is -2.06. The van der Waals surface area contributed by atoms with Gasteiger partial charge < -0.3 is 10.2 Å². The Bertz CT molecular complexity index is 801. The van der Waals surface area contributed by atoms with Crippen molar-refractivity contribution in [2.75, 3.05) is 0 Å². The van der Waals surface area contributed by atoms with Gasteiger partial charge in [-0.25, -0.2) is 0 Å². The van der Waals surface area contributed by atoms with Gasteiger partial charge in [0.15, 0.2) is 0 Å². The zero-order chi connectivity index (χ0) is 16.9. The van der Waals surface area contributed by atoms with E-state index in [9.17, 15) is 0 Å². The topological polar surface area (TPSA) is 64.9 Å². The average molecular weight is 339 g/mol. The van der Waals surface area contributed by atoms with Crippen LogP contribution in [-0.4, -0.2) is 10.2 Å². The van der Waals surface area contributed by atoms with Gasteiger partial charge in [0.1, 0.15) is 0 Å². The Balaban J connectivity index is 1.59. The highest BCUT2D eigenvalue weighted by Crippen LogP contribution is 2.24. The SMILES string of the molecule is Cc1ccc(CSc2nnc(C(N)Cc3ccccc3)o2)cc1C. The molecule has 0 saturated heterocycles. The van der Waals surface area contributed by atoms with E-state index >= 15 is 0 Å². The summed E-state index contributed by atoms with van der Waals surface area (Å²) in [5, 5.41) is 8.76. The van der Waals surface area contributed by atoms with Gasteiger partial charge in [-0.3, -0.25) is 0 Å². The maximum absolute atomic E-state index is 6.18. The molecule has 124 valence electrons. The molecule has 0 bridgehead atoms. The van der Waals surface area contributed by atoms with E-state index in [4.69, 9.17) is 10.2 Å². The highest BCUT2D eigenvalue weighted by molar-refractivity contribution is 7.98. The second-order valence-corrected chi connectivity index (χ2v) is 6.84. The van der Waals surface area contributed by atoms with E-state index in [1.165, 1.54) is 28.5 Å². The number of nitrogens with zero attached hydrogens (tertiary/aromatic N) is 2. The molecule has 0 spiro atoms. The molecule has 2 N–H and O–H groups in total. The molecule has 3 rings (SSSR count). The van der Waals surface area contributed by atoms with Crippen molar-refractivity contribution in [3.8, 4) is 0 Å². The van der Waals surface area contributed by atoms with Gasteiger partial charge in [-0.2, -0.15) is 0 Å². The van der Waals surface area contributed by atoms with E-state index < -0.39 is 0 Å². The van der Waals surface area contributed by atoms with Crippen molar-refractivity contribution in [1.82, 2.24) is 10.2 Å². The number of rotatable bonds is 6. The van der Waals surface area contributed by atoms with Gasteiger partial charge in [0.05, 0.1) is 6.04 Å². The molecule has 3 aromatic rings. The van der Waals surface area contributed by atoms with Crippen molar-refractivity contribution >= 4 is 11.8 Å². The molecule has 1 aromatic heterocycles. The molecule has 0 radical (unpaired) electrons. The molecule has 1 unspecified atom stereocenters. The van der Waals surface area contributed by atoms with Crippen LogP contribution in [0.2, 0.25) is 0 Å². The fourth-order valence-corrected chi connectivity index (χ4v) is 3.13. The Morgan fingerprint density at radius 3 is 2.54 bits per heavy atom. The molecule has 0 aliphatic rings. The van der Waals surface area contributed by atoms with Gasteiger partial charge in [-0.1, -0.05) is 60.3 Å². The summed E-state index contributed by atoms with van der Waals surface area (Å²) < 4.78 is 5.71. The predicted molar refractivity (Wildman–Crippen MR) is 96.8 cm³/mol. The van der Waals surface area contributed by atoms with E-state index in [0.717, 1.165) is 11.3 Å². The summed E-state index contributed by atoms with van der Waals surface area (Å²) in [7, 11) is 0. The summed E-state index contributed by atoms with van der Waals surface area (Å²) in [4.78, 5) is 0. The van der Waals surface area contributed by atoms with Crippen LogP contribution in [0.1, 0.15) is 34.2 Å². The molecule has 0 fully saturated rings. The molecule has 5 heteroatoms. The summed E-state index contributed by atoms with van der Waals surface area (Å²) >= 11 is 1.54. The number of thioether (sulfide) groups is 1. The zero-order valence-electron chi connectivity index (χ0n) is 13.9. The number of aromatic nitrogens is 2. The summed E-state index contributed by atoms with van der Waals surface area (Å²) in [6.07, 6.45) is 0.685. The van der Waals surface area contributed by atoms with Crippen LogP contribution in [0.3, 0.4) is 0 Å². The van der Waals surface area contributed by atoms with Gasteiger partial charge in [-0.15, -0.1) is 10.2 Å². The maximum Gasteiger partial charge on any atom is 0.276 e. The first-order chi connectivity index (χ1) is 11.6. The van der Waals surface area contributed by atoms with Crippen molar-refractivity contribution in [3.05, 3.63) is 76.7 Å². The van der Waals surface area contributed by atoms with Crippen LogP contribution < -0.4 is 5.73 Å². The van der Waals surface area contributed by atoms with Crippen molar-refractivity contribution in [2.45, 2.75) is 37.3 Å². The number of benzene rings is 2. The minimum atomic E-state index is -0.282. The molecule has 24 heavy (non-hydrogen) atoms. The molecular formula is C19H21N3OS. The van der Waals surface area contributed by atoms with Crippen molar-refractivity contribution < 1.29 is 4.42 Å². The summed E-state index contributed by atoms with van der Waals surface area (Å²) in [5.74, 6) is 1.29. The summed E-state index contributed by atoms with van der Waals surface area (Å²) in [6.45, 7) is 4.24. The number of nitrogens with two attached hydrogens (primary N) is 1. The highest BCUT2D eigenvalue weighted by atomic mass is 32.2. The molecule has 0 amide bonds. The third-order valence-electron chi connectivity index (χ3n) is 3.97. The van der Waals surface area contributed by atoms with Crippen LogP contribution in [0.25, 0.3) is 0 Å². The predicted octanol–water partition coefficient (Wildman–Crippen LogP) is 4.22. The van der Waals surface area contributed by atoms with Crippen LogP contribution in [0.5, 0.6) is 0 Å². The summed E-state index contributed by atoms with van der Waals surface area (Å²) in [6, 6.07) is 16.3. The van der Waals surface area contributed by atoms with Crippen LogP contribution in [0, 0.1) is 13.8 Å². The van der Waals surface area contributed by atoms with Crippen molar-refractivity contribution in [1.29, 1.82) is 0 Å². The lowest BCUT2D eigenvalue weighted by Crippen LogP contribution is -2.13. The first-order valence-electron chi connectivity index (χ1n) is 7.93. The van der Waals surface area contributed by atoms with Crippen LogP contribution in [0.15, 0.2) is 58.2 Å². The van der Waals surface area contributed by atoms with Gasteiger partial charge in [0.2, 0.25) is 5.89 Å². The third kappa shape index (κ3) is 4.24. The maximum atomic E-state index is 6.18. The standard InChI is InChI=1S/C19H21N3OS/c1-13-8-9-16(10-14(13)2)12-24-19-22-21-18(23-19)17(20)11-15-6-4-3-5-7-15/h3-10,17H,11-12,20H2,1-2H3. The normalized spacial score (nSPS) is 12.3. The number of hydrogen-bond acceptors (Lipinski definition) is 5. The average Bonchev–Trinajstić information content (AvgIpc) is 3.06. The summed E-state index contributed by atoms with van der Waals surface area (Å²) in [5.41, 5.74) is 11.2. The number of aryl methyl sites for hydroxylation is 2. The first kappa shape index (κ1) is 16.7. The van der Waals surface area contributed by atoms with E-state index in [2.05, 4.69) is 42.2 Å². The van der Waals surface area contributed by atoms with E-state index in [1.807, 2.05) is 30.3 Å². The molecule has 0 saturated carbocycles. The van der Waals surface area contributed by atoms with Gasteiger partial charge in [0, 0.05) is 5.75 Å². The lowest BCUT2D eigenvalue weighted by molar-refractivity contribution is 0.385. The fraction of sp³-hybridized carbons (Fsp3) is 0.263. The molecule has 0 aliphatic carbocycles. The van der Waals surface area contributed by atoms with Crippen LogP contribution >= 0.6 is 11.8 Å². The minimum Gasteiger partial charge on any atom is -0.414 e. The fourth-order valence-electron chi connectivity index (χ4n) is 2.42. The smallest absolute Gasteiger partial charge is 0.276 e. The molecular weight excluding hydrogens is 318 g/mol. The zero-order valence-corrected chi connectivity index (χ0v) is 14.7. The Hall–Kier alpha value is -2.11. The van der Waals surface area contributed by atoms with Crippen molar-refractivity contribution in [3.63, 3.8) is 0 Å². The van der Waals surface area contributed by atoms with E-state index in [1.54, 1.807) is 0 Å². The quantitative estimate of drug-likeness (QED) is 0.681. The second kappa shape index (κ2) is 7.64. The minimum absolute atomic E-state index is 0.282. The highest BCUT2D eigenvalue weighted by Gasteiger charge is 2.15. The molecule has 1 atom stereocenters. The Morgan fingerprint density at radius 2 is 1.79 bits per heavy atom. The largest absolute Gasteiger partial charge is 0.414 e.